The van der Waals surface area contributed by atoms with E-state index in [9.17, 15) is 23.8 Å². The molecule has 1 atom stereocenters. The van der Waals surface area contributed by atoms with Gasteiger partial charge in [-0.25, -0.2) is 13.6 Å². The lowest BCUT2D eigenvalue weighted by atomic mass is 9.86. The van der Waals surface area contributed by atoms with Crippen molar-refractivity contribution in [2.45, 2.75) is 5.60 Å². The van der Waals surface area contributed by atoms with Gasteiger partial charge in [-0.3, -0.25) is 0 Å². The van der Waals surface area contributed by atoms with E-state index in [4.69, 9.17) is 4.74 Å². The van der Waals surface area contributed by atoms with Crippen molar-refractivity contribution in [3.05, 3.63) is 113 Å². The molecular weight excluding hydrogens is 378 g/mol. The molecule has 0 spiro atoms. The average Bonchev–Trinajstić information content (AvgIpc) is 2.76. The molecule has 4 nitrogen and oxygen atoms in total. The number of aliphatic hydroxyl groups is 2. The number of benzene rings is 3. The minimum absolute atomic E-state index is 0.0174. The lowest BCUT2D eigenvalue weighted by Crippen LogP contribution is -2.40. The number of carbonyl (C=O) groups is 1. The molecule has 0 heterocycles. The van der Waals surface area contributed by atoms with E-state index >= 15 is 0 Å². The van der Waals surface area contributed by atoms with Crippen LogP contribution in [0.4, 0.5) is 8.78 Å². The van der Waals surface area contributed by atoms with Gasteiger partial charge in [-0.15, -0.1) is 0 Å². The van der Waals surface area contributed by atoms with Crippen molar-refractivity contribution >= 4 is 11.5 Å². The summed E-state index contributed by atoms with van der Waals surface area (Å²) < 4.78 is 33.5. The van der Waals surface area contributed by atoms with Gasteiger partial charge in [0.05, 0.1) is 6.26 Å². The van der Waals surface area contributed by atoms with Crippen molar-refractivity contribution in [1.82, 2.24) is 0 Å². The Morgan fingerprint density at radius 3 is 2.17 bits per heavy atom. The van der Waals surface area contributed by atoms with Gasteiger partial charge < -0.3 is 14.9 Å². The van der Waals surface area contributed by atoms with Crippen molar-refractivity contribution in [3.63, 3.8) is 0 Å². The Bertz CT molecular complexity index is 1020. The zero-order chi connectivity index (χ0) is 20.9. The van der Waals surface area contributed by atoms with Gasteiger partial charge in [-0.05, 0) is 17.2 Å². The summed E-state index contributed by atoms with van der Waals surface area (Å²) in [6.45, 7) is -0.384. The number of ether oxygens (including phenoxy) is 1. The Hall–Kier alpha value is -3.51. The standard InChI is InChI=1S/C23H18F2O4/c24-20-13-7-12-19(21(20)25)23(28,18-10-5-2-6-11-18)22(27)29-15-17(14-26)16-8-3-1-4-9-16/h1-14,26,28H,15H2. The normalized spacial score (nSPS) is 13.6. The molecular formula is C23H18F2O4. The van der Waals surface area contributed by atoms with Crippen LogP contribution in [0.3, 0.4) is 0 Å². The van der Waals surface area contributed by atoms with Crippen LogP contribution >= 0.6 is 0 Å². The molecule has 148 valence electrons. The first-order chi connectivity index (χ1) is 14.0. The number of hydrogen-bond acceptors (Lipinski definition) is 4. The number of carbonyl (C=O) groups excluding carboxylic acids is 1. The van der Waals surface area contributed by atoms with E-state index in [1.807, 2.05) is 0 Å². The molecule has 0 saturated carbocycles. The van der Waals surface area contributed by atoms with Crippen molar-refractivity contribution in [2.24, 2.45) is 0 Å². The highest BCUT2D eigenvalue weighted by Crippen LogP contribution is 2.34. The molecule has 0 bridgehead atoms. The highest BCUT2D eigenvalue weighted by atomic mass is 19.2. The third-order valence-electron chi connectivity index (χ3n) is 4.49. The van der Waals surface area contributed by atoms with Gasteiger partial charge in [0.2, 0.25) is 5.60 Å². The molecule has 0 fully saturated rings. The highest BCUT2D eigenvalue weighted by molar-refractivity contribution is 5.86. The van der Waals surface area contributed by atoms with Crippen molar-refractivity contribution in [1.29, 1.82) is 0 Å². The first-order valence-electron chi connectivity index (χ1n) is 8.76. The fourth-order valence-corrected chi connectivity index (χ4v) is 2.94. The molecule has 3 rings (SSSR count). The van der Waals surface area contributed by atoms with Gasteiger partial charge in [0.25, 0.3) is 0 Å². The molecule has 2 N–H and O–H groups in total. The van der Waals surface area contributed by atoms with Gasteiger partial charge in [0.1, 0.15) is 6.61 Å². The molecule has 0 radical (unpaired) electrons. The van der Waals surface area contributed by atoms with E-state index in [1.165, 1.54) is 18.2 Å². The second-order valence-corrected chi connectivity index (χ2v) is 6.27. The third-order valence-corrected chi connectivity index (χ3v) is 4.49. The quantitative estimate of drug-likeness (QED) is 0.480. The molecule has 0 amide bonds. The summed E-state index contributed by atoms with van der Waals surface area (Å²) >= 11 is 0. The SMILES string of the molecule is O=C(OCC(=CO)c1ccccc1)C(O)(c1ccccc1)c1cccc(F)c1F. The smallest absolute Gasteiger partial charge is 0.348 e. The molecule has 29 heavy (non-hydrogen) atoms. The van der Waals surface area contributed by atoms with Gasteiger partial charge in [-0.1, -0.05) is 72.8 Å². The van der Waals surface area contributed by atoms with Crippen LogP contribution < -0.4 is 0 Å². The van der Waals surface area contributed by atoms with Crippen LogP contribution in [0.15, 0.2) is 85.1 Å². The predicted octanol–water partition coefficient (Wildman–Crippen LogP) is 4.34. The van der Waals surface area contributed by atoms with E-state index in [2.05, 4.69) is 0 Å². The summed E-state index contributed by atoms with van der Waals surface area (Å²) in [5.41, 5.74) is -2.26. The van der Waals surface area contributed by atoms with Crippen LogP contribution in [-0.4, -0.2) is 22.8 Å². The largest absolute Gasteiger partial charge is 0.515 e. The highest BCUT2D eigenvalue weighted by Gasteiger charge is 2.44. The summed E-state index contributed by atoms with van der Waals surface area (Å²) in [5, 5.41) is 20.7. The summed E-state index contributed by atoms with van der Waals surface area (Å²) in [7, 11) is 0. The van der Waals surface area contributed by atoms with Crippen molar-refractivity contribution in [2.75, 3.05) is 6.61 Å². The molecule has 0 aromatic heterocycles. The Kier molecular flexibility index (Phi) is 6.04. The Morgan fingerprint density at radius 1 is 0.931 bits per heavy atom. The summed E-state index contributed by atoms with van der Waals surface area (Å²) in [4.78, 5) is 12.9. The predicted molar refractivity (Wildman–Crippen MR) is 104 cm³/mol. The van der Waals surface area contributed by atoms with E-state index < -0.39 is 28.8 Å². The minimum atomic E-state index is -2.58. The van der Waals surface area contributed by atoms with Crippen LogP contribution in [0.5, 0.6) is 0 Å². The van der Waals surface area contributed by atoms with Gasteiger partial charge in [0, 0.05) is 11.1 Å². The number of aliphatic hydroxyl groups excluding tert-OH is 1. The van der Waals surface area contributed by atoms with E-state index in [-0.39, 0.29) is 17.7 Å². The van der Waals surface area contributed by atoms with Gasteiger partial charge in [-0.2, -0.15) is 0 Å². The van der Waals surface area contributed by atoms with Crippen molar-refractivity contribution < 1.29 is 28.5 Å². The first-order valence-corrected chi connectivity index (χ1v) is 8.76. The van der Waals surface area contributed by atoms with Gasteiger partial charge in [0.15, 0.2) is 11.6 Å². The zero-order valence-corrected chi connectivity index (χ0v) is 15.3. The molecule has 3 aromatic rings. The van der Waals surface area contributed by atoms with Crippen LogP contribution in [-0.2, 0) is 15.1 Å². The maximum atomic E-state index is 14.5. The van der Waals surface area contributed by atoms with Crippen LogP contribution in [0, 0.1) is 11.6 Å². The van der Waals surface area contributed by atoms with E-state index in [1.54, 1.807) is 48.5 Å². The molecule has 0 aliphatic rings. The fourth-order valence-electron chi connectivity index (χ4n) is 2.94. The van der Waals surface area contributed by atoms with Gasteiger partial charge >= 0.3 is 5.97 Å². The minimum Gasteiger partial charge on any atom is -0.515 e. The number of hydrogen-bond donors (Lipinski definition) is 2. The number of rotatable bonds is 6. The fraction of sp³-hybridized carbons (Fsp3) is 0.0870. The second-order valence-electron chi connectivity index (χ2n) is 6.27. The monoisotopic (exact) mass is 396 g/mol. The second kappa shape index (κ2) is 8.67. The Morgan fingerprint density at radius 2 is 1.55 bits per heavy atom. The van der Waals surface area contributed by atoms with E-state index in [0.29, 0.717) is 5.56 Å². The molecule has 0 aliphatic carbocycles. The summed E-state index contributed by atoms with van der Waals surface area (Å²) in [6.07, 6.45) is 0.785. The zero-order valence-electron chi connectivity index (χ0n) is 15.3. The Balaban J connectivity index is 1.97. The molecule has 0 saturated heterocycles. The maximum absolute atomic E-state index is 14.5. The third kappa shape index (κ3) is 4.02. The van der Waals surface area contributed by atoms with E-state index in [0.717, 1.165) is 18.4 Å². The lowest BCUT2D eigenvalue weighted by Gasteiger charge is -2.27. The first kappa shape index (κ1) is 20.2. The molecule has 6 heteroatoms. The van der Waals surface area contributed by atoms with Crippen LogP contribution in [0.1, 0.15) is 16.7 Å². The average molecular weight is 396 g/mol. The maximum Gasteiger partial charge on any atom is 0.348 e. The van der Waals surface area contributed by atoms with Crippen LogP contribution in [0.2, 0.25) is 0 Å². The van der Waals surface area contributed by atoms with Crippen LogP contribution in [0.25, 0.3) is 5.57 Å². The topological polar surface area (TPSA) is 66.8 Å². The number of esters is 1. The molecule has 0 aliphatic heterocycles. The Labute approximate surface area is 166 Å². The molecule has 3 aromatic carbocycles. The van der Waals surface area contributed by atoms with Crippen molar-refractivity contribution in [3.8, 4) is 0 Å². The summed E-state index contributed by atoms with van der Waals surface area (Å²) in [5.74, 6) is -3.76. The number of halogens is 2. The summed E-state index contributed by atoms with van der Waals surface area (Å²) in [6, 6.07) is 19.4. The lowest BCUT2D eigenvalue weighted by molar-refractivity contribution is -0.160. The molecule has 1 unspecified atom stereocenters.